The Morgan fingerprint density at radius 2 is 2.08 bits per heavy atom. The van der Waals surface area contributed by atoms with Crippen molar-refractivity contribution in [2.45, 2.75) is 11.4 Å². The average molecular weight is 407 g/mol. The number of carbonyl (C=O) groups excluding carboxylic acids is 1. The Morgan fingerprint density at radius 1 is 1.33 bits per heavy atom. The van der Waals surface area contributed by atoms with Crippen LogP contribution in [0.5, 0.6) is 5.75 Å². The van der Waals surface area contributed by atoms with E-state index in [9.17, 15) is 13.2 Å². The summed E-state index contributed by atoms with van der Waals surface area (Å²) in [5.41, 5.74) is 0.350. The predicted molar refractivity (Wildman–Crippen MR) is 93.6 cm³/mol. The molecule has 0 atom stereocenters. The van der Waals surface area contributed by atoms with Crippen LogP contribution in [0.4, 0.5) is 5.69 Å². The molecule has 1 amide bonds. The third kappa shape index (κ3) is 3.38. The summed E-state index contributed by atoms with van der Waals surface area (Å²) in [5.74, 6) is -0.0500. The molecular weight excluding hydrogens is 395 g/mol. The highest BCUT2D eigenvalue weighted by Gasteiger charge is 2.28. The zero-order valence-electron chi connectivity index (χ0n) is 12.4. The quantitative estimate of drug-likeness (QED) is 0.845. The first-order valence-electron chi connectivity index (χ1n) is 6.74. The first-order chi connectivity index (χ1) is 11.3. The minimum atomic E-state index is -3.83. The Labute approximate surface area is 153 Å². The maximum absolute atomic E-state index is 12.8. The molecule has 10 heteroatoms. The largest absolute Gasteiger partial charge is 0.482 e. The predicted octanol–water partition coefficient (Wildman–Crippen LogP) is 3.21. The van der Waals surface area contributed by atoms with Crippen molar-refractivity contribution < 1.29 is 17.9 Å². The van der Waals surface area contributed by atoms with E-state index in [1.54, 1.807) is 12.1 Å². The molecule has 3 rings (SSSR count). The van der Waals surface area contributed by atoms with Gasteiger partial charge in [-0.25, -0.2) is 8.42 Å². The molecule has 0 fully saturated rings. The lowest BCUT2D eigenvalue weighted by Crippen LogP contribution is -2.28. The third-order valence-corrected chi connectivity index (χ3v) is 6.85. The van der Waals surface area contributed by atoms with Gasteiger partial charge in [0.05, 0.1) is 15.0 Å². The Balaban J connectivity index is 1.93. The molecule has 0 aliphatic carbocycles. The Hall–Kier alpha value is -1.32. The molecule has 24 heavy (non-hydrogen) atoms. The van der Waals surface area contributed by atoms with Gasteiger partial charge < -0.3 is 10.1 Å². The summed E-state index contributed by atoms with van der Waals surface area (Å²) < 4.78 is 32.6. The Bertz CT molecular complexity index is 911. The maximum Gasteiger partial charge on any atom is 0.262 e. The van der Waals surface area contributed by atoms with E-state index in [2.05, 4.69) is 5.32 Å². The number of ether oxygens (including phenoxy) is 1. The Morgan fingerprint density at radius 3 is 2.75 bits per heavy atom. The standard InChI is InChI=1S/C14H12Cl2N2O4S2/c1-18(6-8-2-3-13(16)23-8)24(20,21)12-5-11-10(4-9(12)15)17-14(19)7-22-11/h2-5H,6-7H2,1H3,(H,17,19). The van der Waals surface area contributed by atoms with E-state index in [-0.39, 0.29) is 34.7 Å². The van der Waals surface area contributed by atoms with Crippen LogP contribution < -0.4 is 10.1 Å². The molecule has 0 spiro atoms. The van der Waals surface area contributed by atoms with Gasteiger partial charge in [0.2, 0.25) is 10.0 Å². The number of hydrogen-bond donors (Lipinski definition) is 1. The number of rotatable bonds is 4. The van der Waals surface area contributed by atoms with Crippen molar-refractivity contribution in [3.63, 3.8) is 0 Å². The monoisotopic (exact) mass is 406 g/mol. The van der Waals surface area contributed by atoms with Crippen LogP contribution >= 0.6 is 34.5 Å². The van der Waals surface area contributed by atoms with Crippen molar-refractivity contribution in [1.82, 2.24) is 4.31 Å². The second-order valence-corrected chi connectivity index (χ2v) is 9.30. The second kappa shape index (κ2) is 6.53. The lowest BCUT2D eigenvalue weighted by molar-refractivity contribution is -0.118. The van der Waals surface area contributed by atoms with E-state index in [4.69, 9.17) is 27.9 Å². The molecule has 2 heterocycles. The molecule has 1 aliphatic heterocycles. The number of halogens is 2. The molecule has 128 valence electrons. The zero-order valence-corrected chi connectivity index (χ0v) is 15.5. The molecule has 1 aliphatic rings. The number of sulfonamides is 1. The summed E-state index contributed by atoms with van der Waals surface area (Å²) in [5, 5.41) is 2.59. The van der Waals surface area contributed by atoms with E-state index in [1.807, 2.05) is 0 Å². The number of benzene rings is 1. The average Bonchev–Trinajstić information content (AvgIpc) is 2.91. The van der Waals surface area contributed by atoms with E-state index in [0.717, 1.165) is 4.88 Å². The smallest absolute Gasteiger partial charge is 0.262 e. The van der Waals surface area contributed by atoms with Crippen LogP contribution in [-0.4, -0.2) is 32.3 Å². The second-order valence-electron chi connectivity index (χ2n) is 5.08. The number of carbonyl (C=O) groups is 1. The molecule has 6 nitrogen and oxygen atoms in total. The molecular formula is C14H12Cl2N2O4S2. The molecule has 0 bridgehead atoms. The molecule has 1 N–H and O–H groups in total. The van der Waals surface area contributed by atoms with Gasteiger partial charge in [0.15, 0.2) is 6.61 Å². The topological polar surface area (TPSA) is 75.7 Å². The van der Waals surface area contributed by atoms with Crippen molar-refractivity contribution >= 4 is 56.2 Å². The van der Waals surface area contributed by atoms with Crippen LogP contribution in [0, 0.1) is 0 Å². The van der Waals surface area contributed by atoms with E-state index >= 15 is 0 Å². The van der Waals surface area contributed by atoms with Gasteiger partial charge in [-0.15, -0.1) is 11.3 Å². The first kappa shape index (κ1) is 17.5. The minimum absolute atomic E-state index is 0.00983. The van der Waals surface area contributed by atoms with Gasteiger partial charge in [0, 0.05) is 24.5 Å². The van der Waals surface area contributed by atoms with Gasteiger partial charge >= 0.3 is 0 Å². The molecule has 0 radical (unpaired) electrons. The Kier molecular flexibility index (Phi) is 4.76. The van der Waals surface area contributed by atoms with Gasteiger partial charge in [-0.1, -0.05) is 23.2 Å². The molecule has 0 unspecified atom stereocenters. The fraction of sp³-hybridized carbons (Fsp3) is 0.214. The maximum atomic E-state index is 12.8. The van der Waals surface area contributed by atoms with Gasteiger partial charge in [0.1, 0.15) is 10.6 Å². The van der Waals surface area contributed by atoms with Gasteiger partial charge in [-0.05, 0) is 18.2 Å². The molecule has 2 aromatic rings. The van der Waals surface area contributed by atoms with E-state index in [0.29, 0.717) is 10.0 Å². The van der Waals surface area contributed by atoms with E-state index < -0.39 is 10.0 Å². The summed E-state index contributed by atoms with van der Waals surface area (Å²) in [7, 11) is -2.37. The number of nitrogens with one attached hydrogen (secondary N) is 1. The number of anilines is 1. The van der Waals surface area contributed by atoms with Crippen LogP contribution in [0.1, 0.15) is 4.88 Å². The summed E-state index contributed by atoms with van der Waals surface area (Å²) in [4.78, 5) is 12.0. The summed E-state index contributed by atoms with van der Waals surface area (Å²) in [6.45, 7) is 0.00236. The van der Waals surface area contributed by atoms with Crippen molar-refractivity contribution in [2.75, 3.05) is 19.0 Å². The van der Waals surface area contributed by atoms with Crippen molar-refractivity contribution in [2.24, 2.45) is 0 Å². The third-order valence-electron chi connectivity index (χ3n) is 3.36. The number of nitrogens with zero attached hydrogens (tertiary/aromatic N) is 1. The van der Waals surface area contributed by atoms with Gasteiger partial charge in [-0.2, -0.15) is 4.31 Å². The number of amides is 1. The van der Waals surface area contributed by atoms with Crippen LogP contribution in [-0.2, 0) is 21.4 Å². The zero-order chi connectivity index (χ0) is 17.5. The van der Waals surface area contributed by atoms with Crippen molar-refractivity contribution in [1.29, 1.82) is 0 Å². The normalized spacial score (nSPS) is 14.2. The SMILES string of the molecule is CN(Cc1ccc(Cl)s1)S(=O)(=O)c1cc2c(cc1Cl)NC(=O)CO2. The van der Waals surface area contributed by atoms with Gasteiger partial charge in [0.25, 0.3) is 5.91 Å². The number of thiophene rings is 1. The molecule has 0 saturated heterocycles. The minimum Gasteiger partial charge on any atom is -0.482 e. The number of fused-ring (bicyclic) bond motifs is 1. The van der Waals surface area contributed by atoms with Crippen LogP contribution in [0.15, 0.2) is 29.2 Å². The highest BCUT2D eigenvalue weighted by atomic mass is 35.5. The highest BCUT2D eigenvalue weighted by molar-refractivity contribution is 7.89. The summed E-state index contributed by atoms with van der Waals surface area (Å²) in [6.07, 6.45) is 0. The van der Waals surface area contributed by atoms with Crippen molar-refractivity contribution in [3.8, 4) is 5.75 Å². The first-order valence-corrected chi connectivity index (χ1v) is 9.75. The summed E-state index contributed by atoms with van der Waals surface area (Å²) in [6, 6.07) is 6.18. The van der Waals surface area contributed by atoms with Gasteiger partial charge in [-0.3, -0.25) is 4.79 Å². The van der Waals surface area contributed by atoms with Crippen LogP contribution in [0.3, 0.4) is 0 Å². The van der Waals surface area contributed by atoms with E-state index in [1.165, 1.54) is 34.8 Å². The highest BCUT2D eigenvalue weighted by Crippen LogP contribution is 2.37. The van der Waals surface area contributed by atoms with Crippen LogP contribution in [0.25, 0.3) is 0 Å². The lowest BCUT2D eigenvalue weighted by atomic mass is 10.2. The van der Waals surface area contributed by atoms with Crippen molar-refractivity contribution in [3.05, 3.63) is 38.5 Å². The molecule has 1 aromatic carbocycles. The fourth-order valence-corrected chi connectivity index (χ4v) is 5.07. The molecule has 0 saturated carbocycles. The lowest BCUT2D eigenvalue weighted by Gasteiger charge is -2.22. The summed E-state index contributed by atoms with van der Waals surface area (Å²) >= 11 is 13.3. The molecule has 1 aromatic heterocycles. The fourth-order valence-electron chi connectivity index (χ4n) is 2.19. The number of hydrogen-bond acceptors (Lipinski definition) is 5. The van der Waals surface area contributed by atoms with Crippen LogP contribution in [0.2, 0.25) is 9.36 Å².